The van der Waals surface area contributed by atoms with Crippen LogP contribution in [0.4, 0.5) is 0 Å². The molecular formula is C14H17N3O2. The summed E-state index contributed by atoms with van der Waals surface area (Å²) in [4.78, 5) is 19.9. The van der Waals surface area contributed by atoms with Crippen LogP contribution in [0.5, 0.6) is 0 Å². The molecule has 5 nitrogen and oxygen atoms in total. The smallest absolute Gasteiger partial charge is 0.358 e. The number of hydrogen-bond donors (Lipinski definition) is 0. The van der Waals surface area contributed by atoms with E-state index in [2.05, 4.69) is 23.0 Å². The van der Waals surface area contributed by atoms with Gasteiger partial charge in [-0.15, -0.1) is 0 Å². The molecule has 0 aliphatic rings. The summed E-state index contributed by atoms with van der Waals surface area (Å²) in [6.07, 6.45) is 6.02. The van der Waals surface area contributed by atoms with E-state index in [-0.39, 0.29) is 0 Å². The molecule has 2 rings (SSSR count). The highest BCUT2D eigenvalue weighted by Crippen LogP contribution is 2.09. The molecule has 19 heavy (non-hydrogen) atoms. The van der Waals surface area contributed by atoms with Gasteiger partial charge in [-0.3, -0.25) is 4.98 Å². The van der Waals surface area contributed by atoms with Crippen molar-refractivity contribution < 1.29 is 9.53 Å². The van der Waals surface area contributed by atoms with Crippen LogP contribution in [0.15, 0.2) is 30.9 Å². The van der Waals surface area contributed by atoms with Gasteiger partial charge in [0.15, 0.2) is 5.69 Å². The molecule has 100 valence electrons. The first-order valence-electron chi connectivity index (χ1n) is 6.36. The van der Waals surface area contributed by atoms with Crippen molar-refractivity contribution in [3.05, 3.63) is 47.8 Å². The third kappa shape index (κ3) is 3.19. The number of hydrogen-bond acceptors (Lipinski definition) is 4. The lowest BCUT2D eigenvalue weighted by Crippen LogP contribution is -2.05. The molecule has 0 radical (unpaired) electrons. The van der Waals surface area contributed by atoms with Crippen LogP contribution in [0.1, 0.15) is 35.6 Å². The Morgan fingerprint density at radius 2 is 2.21 bits per heavy atom. The summed E-state index contributed by atoms with van der Waals surface area (Å²) in [7, 11) is 0. The molecule has 2 heterocycles. The molecule has 2 aromatic rings. The minimum absolute atomic E-state index is 0.329. The fraction of sp³-hybridized carbons (Fsp3) is 0.357. The fourth-order valence-corrected chi connectivity index (χ4v) is 1.87. The van der Waals surface area contributed by atoms with Crippen molar-refractivity contribution in [1.29, 1.82) is 0 Å². The van der Waals surface area contributed by atoms with Gasteiger partial charge in [-0.25, -0.2) is 9.78 Å². The Morgan fingerprint density at radius 1 is 1.37 bits per heavy atom. The summed E-state index contributed by atoms with van der Waals surface area (Å²) in [6, 6.07) is 3.99. The molecule has 0 amide bonds. The lowest BCUT2D eigenvalue weighted by Gasteiger charge is -2.06. The zero-order chi connectivity index (χ0) is 13.7. The van der Waals surface area contributed by atoms with E-state index >= 15 is 0 Å². The first-order valence-corrected chi connectivity index (χ1v) is 6.36. The zero-order valence-electron chi connectivity index (χ0n) is 11.2. The number of imidazole rings is 1. The Morgan fingerprint density at radius 3 is 2.95 bits per heavy atom. The third-order valence-corrected chi connectivity index (χ3v) is 2.82. The first-order chi connectivity index (χ1) is 9.24. The van der Waals surface area contributed by atoms with Crippen LogP contribution < -0.4 is 0 Å². The molecule has 0 aromatic carbocycles. The van der Waals surface area contributed by atoms with Crippen LogP contribution in [0, 0.1) is 0 Å². The Balaban J connectivity index is 2.13. The Hall–Kier alpha value is -2.17. The number of ether oxygens (including phenoxy) is 1. The summed E-state index contributed by atoms with van der Waals surface area (Å²) in [5, 5.41) is 0. The maximum atomic E-state index is 11.5. The van der Waals surface area contributed by atoms with Crippen LogP contribution in [0.2, 0.25) is 0 Å². The van der Waals surface area contributed by atoms with Crippen LogP contribution in [-0.2, 0) is 17.7 Å². The van der Waals surface area contributed by atoms with Crippen LogP contribution in [0.3, 0.4) is 0 Å². The topological polar surface area (TPSA) is 57.0 Å². The van der Waals surface area contributed by atoms with Gasteiger partial charge in [0.25, 0.3) is 0 Å². The molecule has 0 aliphatic carbocycles. The van der Waals surface area contributed by atoms with Crippen molar-refractivity contribution in [2.45, 2.75) is 26.8 Å². The molecule has 2 aromatic heterocycles. The predicted octanol–water partition coefficient (Wildman–Crippen LogP) is 2.07. The maximum Gasteiger partial charge on any atom is 0.358 e. The molecule has 0 unspecified atom stereocenters. The summed E-state index contributed by atoms with van der Waals surface area (Å²) >= 11 is 0. The molecule has 0 saturated heterocycles. The fourth-order valence-electron chi connectivity index (χ4n) is 1.87. The molecule has 0 fully saturated rings. The highest BCUT2D eigenvalue weighted by molar-refractivity contribution is 5.86. The van der Waals surface area contributed by atoms with Crippen molar-refractivity contribution >= 4 is 5.97 Å². The summed E-state index contributed by atoms with van der Waals surface area (Å²) in [5.74, 6) is -0.391. The number of aromatic nitrogens is 3. The van der Waals surface area contributed by atoms with Gasteiger partial charge < -0.3 is 9.30 Å². The molecule has 0 spiro atoms. The van der Waals surface area contributed by atoms with Crippen LogP contribution in [0.25, 0.3) is 0 Å². The number of esters is 1. The van der Waals surface area contributed by atoms with Gasteiger partial charge >= 0.3 is 5.97 Å². The number of nitrogens with zero attached hydrogens (tertiary/aromatic N) is 3. The van der Waals surface area contributed by atoms with E-state index < -0.39 is 5.97 Å². The molecule has 0 bridgehead atoms. The second-order valence-corrected chi connectivity index (χ2v) is 4.11. The number of aryl methyl sites for hydroxylation is 1. The molecule has 0 saturated carbocycles. The van der Waals surface area contributed by atoms with Crippen molar-refractivity contribution in [2.24, 2.45) is 0 Å². The monoisotopic (exact) mass is 259 g/mol. The normalized spacial score (nSPS) is 10.4. The number of carbonyl (C=O) groups is 1. The predicted molar refractivity (Wildman–Crippen MR) is 70.9 cm³/mol. The summed E-state index contributed by atoms with van der Waals surface area (Å²) in [5.41, 5.74) is 2.53. The van der Waals surface area contributed by atoms with Gasteiger partial charge in [0.1, 0.15) is 0 Å². The molecule has 0 aliphatic heterocycles. The van der Waals surface area contributed by atoms with Crippen molar-refractivity contribution in [1.82, 2.24) is 14.5 Å². The van der Waals surface area contributed by atoms with E-state index in [1.165, 1.54) is 5.56 Å². The highest BCUT2D eigenvalue weighted by atomic mass is 16.5. The summed E-state index contributed by atoms with van der Waals surface area (Å²) < 4.78 is 6.75. The minimum Gasteiger partial charge on any atom is -0.461 e. The summed E-state index contributed by atoms with van der Waals surface area (Å²) in [6.45, 7) is 4.83. The van der Waals surface area contributed by atoms with Gasteiger partial charge in [0.05, 0.1) is 25.2 Å². The lowest BCUT2D eigenvalue weighted by molar-refractivity contribution is 0.0520. The Bertz CT molecular complexity index is 563. The standard InChI is InChI=1S/C14H17N3O2/c1-3-11-6-5-7-15-12(11)8-17-9-13(16-10-17)14(18)19-4-2/h5-7,9-10H,3-4,8H2,1-2H3. The molecular weight excluding hydrogens is 242 g/mol. The number of pyridine rings is 1. The van der Waals surface area contributed by atoms with E-state index in [0.717, 1.165) is 12.1 Å². The van der Waals surface area contributed by atoms with Crippen LogP contribution >= 0.6 is 0 Å². The lowest BCUT2D eigenvalue weighted by atomic mass is 10.1. The molecule has 0 atom stereocenters. The van der Waals surface area contributed by atoms with E-state index in [1.54, 1.807) is 25.6 Å². The van der Waals surface area contributed by atoms with Crippen molar-refractivity contribution in [3.63, 3.8) is 0 Å². The SMILES string of the molecule is CCOC(=O)c1cn(Cc2ncccc2CC)cn1. The third-order valence-electron chi connectivity index (χ3n) is 2.82. The highest BCUT2D eigenvalue weighted by Gasteiger charge is 2.11. The molecule has 0 N–H and O–H groups in total. The van der Waals surface area contributed by atoms with Gasteiger partial charge in [0.2, 0.25) is 0 Å². The Labute approximate surface area is 112 Å². The first kappa shape index (κ1) is 13.3. The number of carbonyl (C=O) groups excluding carboxylic acids is 1. The van der Waals surface area contributed by atoms with Crippen LogP contribution in [-0.4, -0.2) is 27.1 Å². The zero-order valence-corrected chi connectivity index (χ0v) is 11.2. The van der Waals surface area contributed by atoms with E-state index in [1.807, 2.05) is 10.6 Å². The van der Waals surface area contributed by atoms with E-state index in [4.69, 9.17) is 4.74 Å². The maximum absolute atomic E-state index is 11.5. The minimum atomic E-state index is -0.391. The molecule has 5 heteroatoms. The Kier molecular flexibility index (Phi) is 4.28. The van der Waals surface area contributed by atoms with E-state index in [9.17, 15) is 4.79 Å². The van der Waals surface area contributed by atoms with Crippen molar-refractivity contribution in [2.75, 3.05) is 6.61 Å². The number of rotatable bonds is 5. The van der Waals surface area contributed by atoms with Gasteiger partial charge in [-0.05, 0) is 25.0 Å². The van der Waals surface area contributed by atoms with Gasteiger partial charge in [-0.1, -0.05) is 13.0 Å². The van der Waals surface area contributed by atoms with Gasteiger partial charge in [0, 0.05) is 12.4 Å². The quantitative estimate of drug-likeness (QED) is 0.771. The largest absolute Gasteiger partial charge is 0.461 e. The average Bonchev–Trinajstić information content (AvgIpc) is 2.88. The van der Waals surface area contributed by atoms with Gasteiger partial charge in [-0.2, -0.15) is 0 Å². The second kappa shape index (κ2) is 6.13. The average molecular weight is 259 g/mol. The second-order valence-electron chi connectivity index (χ2n) is 4.11. The van der Waals surface area contributed by atoms with E-state index in [0.29, 0.717) is 18.8 Å². The van der Waals surface area contributed by atoms with Crippen molar-refractivity contribution in [3.8, 4) is 0 Å².